The summed E-state index contributed by atoms with van der Waals surface area (Å²) in [5.74, 6) is -1.95. The third-order valence-corrected chi connectivity index (χ3v) is 1.83. The Morgan fingerprint density at radius 3 is 2.39 bits per heavy atom. The number of benzene rings is 1. The molecule has 0 unspecified atom stereocenters. The number of halogens is 3. The van der Waals surface area contributed by atoms with Gasteiger partial charge in [-0.2, -0.15) is 0 Å². The maximum atomic E-state index is 12.0. The van der Waals surface area contributed by atoms with Crippen LogP contribution < -0.4 is 9.47 Å². The van der Waals surface area contributed by atoms with E-state index in [0.29, 0.717) is 6.42 Å². The van der Waals surface area contributed by atoms with Crippen molar-refractivity contribution in [3.8, 4) is 11.5 Å². The van der Waals surface area contributed by atoms with Gasteiger partial charge < -0.3 is 14.6 Å². The third kappa shape index (κ3) is 4.52. The Kier molecular flexibility index (Phi) is 4.41. The summed E-state index contributed by atoms with van der Waals surface area (Å²) in [6.07, 6.45) is -4.23. The van der Waals surface area contributed by atoms with Crippen LogP contribution in [0.1, 0.15) is 23.7 Å². The van der Waals surface area contributed by atoms with Gasteiger partial charge in [0.25, 0.3) is 0 Å². The number of carboxylic acid groups (broad SMARTS) is 1. The quantitative estimate of drug-likeness (QED) is 0.887. The average Bonchev–Trinajstić information content (AvgIpc) is 2.23. The van der Waals surface area contributed by atoms with E-state index >= 15 is 0 Å². The van der Waals surface area contributed by atoms with Gasteiger partial charge in [-0.05, 0) is 18.6 Å². The molecule has 1 rings (SSSR count). The first kappa shape index (κ1) is 14.1. The van der Waals surface area contributed by atoms with Crippen molar-refractivity contribution < 1.29 is 32.5 Å². The lowest BCUT2D eigenvalue weighted by molar-refractivity contribution is -0.274. The van der Waals surface area contributed by atoms with Gasteiger partial charge in [0.1, 0.15) is 11.5 Å². The zero-order valence-electron chi connectivity index (χ0n) is 9.45. The molecule has 0 aliphatic rings. The molecule has 1 aromatic carbocycles. The first-order chi connectivity index (χ1) is 8.31. The second-order valence-corrected chi connectivity index (χ2v) is 3.39. The molecule has 0 spiro atoms. The Balaban J connectivity index is 3.02. The Morgan fingerprint density at radius 1 is 1.28 bits per heavy atom. The van der Waals surface area contributed by atoms with Crippen molar-refractivity contribution in [2.24, 2.45) is 0 Å². The lowest BCUT2D eigenvalue weighted by Gasteiger charge is -2.12. The number of carbonyl (C=O) groups is 1. The molecule has 0 atom stereocenters. The second kappa shape index (κ2) is 5.61. The number of ether oxygens (including phenoxy) is 2. The molecule has 100 valence electrons. The number of aromatic carboxylic acids is 1. The zero-order chi connectivity index (χ0) is 13.8. The summed E-state index contributed by atoms with van der Waals surface area (Å²) in [4.78, 5) is 10.8. The molecule has 0 amide bonds. The fourth-order valence-electron chi connectivity index (χ4n) is 1.19. The van der Waals surface area contributed by atoms with Gasteiger partial charge in [0.05, 0.1) is 12.2 Å². The van der Waals surface area contributed by atoms with E-state index < -0.39 is 18.1 Å². The average molecular weight is 264 g/mol. The molecule has 0 radical (unpaired) electrons. The van der Waals surface area contributed by atoms with Crippen LogP contribution in [0, 0.1) is 0 Å². The van der Waals surface area contributed by atoms with E-state index in [1.807, 2.05) is 6.92 Å². The molecule has 1 N–H and O–H groups in total. The summed E-state index contributed by atoms with van der Waals surface area (Å²) >= 11 is 0. The SMILES string of the molecule is CCCOc1cc(OC(F)(F)F)cc(C(=O)O)c1. The van der Waals surface area contributed by atoms with Crippen LogP contribution in [-0.4, -0.2) is 24.0 Å². The summed E-state index contributed by atoms with van der Waals surface area (Å²) in [6, 6.07) is 2.92. The van der Waals surface area contributed by atoms with Crippen molar-refractivity contribution in [1.82, 2.24) is 0 Å². The van der Waals surface area contributed by atoms with Gasteiger partial charge in [-0.15, -0.1) is 13.2 Å². The van der Waals surface area contributed by atoms with Crippen molar-refractivity contribution in [2.45, 2.75) is 19.7 Å². The van der Waals surface area contributed by atoms with Gasteiger partial charge >= 0.3 is 12.3 Å². The molecule has 0 aliphatic carbocycles. The van der Waals surface area contributed by atoms with Crippen LogP contribution in [0.25, 0.3) is 0 Å². The van der Waals surface area contributed by atoms with Crippen molar-refractivity contribution >= 4 is 5.97 Å². The van der Waals surface area contributed by atoms with Crippen LogP contribution in [0.4, 0.5) is 13.2 Å². The summed E-state index contributed by atoms with van der Waals surface area (Å²) in [6.45, 7) is 2.09. The highest BCUT2D eigenvalue weighted by Gasteiger charge is 2.31. The van der Waals surface area contributed by atoms with E-state index in [1.165, 1.54) is 0 Å². The molecule has 0 fully saturated rings. The molecule has 0 saturated carbocycles. The highest BCUT2D eigenvalue weighted by atomic mass is 19.4. The fourth-order valence-corrected chi connectivity index (χ4v) is 1.19. The molecule has 4 nitrogen and oxygen atoms in total. The minimum atomic E-state index is -4.88. The number of hydrogen-bond donors (Lipinski definition) is 1. The first-order valence-electron chi connectivity index (χ1n) is 5.08. The topological polar surface area (TPSA) is 55.8 Å². The molecule has 0 aromatic heterocycles. The molecule has 0 bridgehead atoms. The Labute approximate surface area is 101 Å². The molecule has 0 heterocycles. The predicted molar refractivity (Wildman–Crippen MR) is 55.9 cm³/mol. The van der Waals surface area contributed by atoms with Crippen LogP contribution in [0.3, 0.4) is 0 Å². The van der Waals surface area contributed by atoms with E-state index in [-0.39, 0.29) is 17.9 Å². The molecule has 7 heteroatoms. The Hall–Kier alpha value is -1.92. The predicted octanol–water partition coefficient (Wildman–Crippen LogP) is 3.07. The highest BCUT2D eigenvalue weighted by molar-refractivity contribution is 5.88. The Morgan fingerprint density at radius 2 is 1.89 bits per heavy atom. The van der Waals surface area contributed by atoms with Gasteiger partial charge in [0, 0.05) is 6.07 Å². The third-order valence-electron chi connectivity index (χ3n) is 1.83. The highest BCUT2D eigenvalue weighted by Crippen LogP contribution is 2.28. The lowest BCUT2D eigenvalue weighted by atomic mass is 10.2. The van der Waals surface area contributed by atoms with Crippen molar-refractivity contribution in [3.05, 3.63) is 23.8 Å². The van der Waals surface area contributed by atoms with E-state index in [9.17, 15) is 18.0 Å². The van der Waals surface area contributed by atoms with Gasteiger partial charge in [0.2, 0.25) is 0 Å². The largest absolute Gasteiger partial charge is 0.573 e. The van der Waals surface area contributed by atoms with Gasteiger partial charge in [-0.1, -0.05) is 6.92 Å². The molecular weight excluding hydrogens is 253 g/mol. The number of alkyl halides is 3. The molecule has 0 aliphatic heterocycles. The van der Waals surface area contributed by atoms with Gasteiger partial charge in [-0.25, -0.2) is 4.79 Å². The van der Waals surface area contributed by atoms with Gasteiger partial charge in [0.15, 0.2) is 0 Å². The number of hydrogen-bond acceptors (Lipinski definition) is 3. The van der Waals surface area contributed by atoms with Crippen LogP contribution in [0.2, 0.25) is 0 Å². The van der Waals surface area contributed by atoms with E-state index in [4.69, 9.17) is 9.84 Å². The summed E-state index contributed by atoms with van der Waals surface area (Å²) in [7, 11) is 0. The van der Waals surface area contributed by atoms with Crippen LogP contribution in [0.15, 0.2) is 18.2 Å². The van der Waals surface area contributed by atoms with E-state index in [1.54, 1.807) is 0 Å². The molecule has 0 saturated heterocycles. The van der Waals surface area contributed by atoms with Crippen molar-refractivity contribution in [1.29, 1.82) is 0 Å². The summed E-state index contributed by atoms with van der Waals surface area (Å²) in [5.41, 5.74) is -0.331. The zero-order valence-corrected chi connectivity index (χ0v) is 9.45. The standard InChI is InChI=1S/C11H11F3O4/c1-2-3-17-8-4-7(10(15)16)5-9(6-8)18-11(12,13)14/h4-6H,2-3H2,1H3,(H,15,16). The molecule has 1 aromatic rings. The summed E-state index contributed by atoms with van der Waals surface area (Å²) in [5, 5.41) is 8.77. The van der Waals surface area contributed by atoms with Crippen molar-refractivity contribution in [3.63, 3.8) is 0 Å². The Bertz CT molecular complexity index is 429. The maximum Gasteiger partial charge on any atom is 0.573 e. The van der Waals surface area contributed by atoms with Crippen LogP contribution >= 0.6 is 0 Å². The van der Waals surface area contributed by atoms with Crippen LogP contribution in [0.5, 0.6) is 11.5 Å². The second-order valence-electron chi connectivity index (χ2n) is 3.39. The van der Waals surface area contributed by atoms with Crippen LogP contribution in [-0.2, 0) is 0 Å². The van der Waals surface area contributed by atoms with E-state index in [0.717, 1.165) is 18.2 Å². The minimum absolute atomic E-state index is 0.0241. The van der Waals surface area contributed by atoms with Crippen molar-refractivity contribution in [2.75, 3.05) is 6.61 Å². The van der Waals surface area contributed by atoms with E-state index in [2.05, 4.69) is 4.74 Å². The first-order valence-corrected chi connectivity index (χ1v) is 5.08. The monoisotopic (exact) mass is 264 g/mol. The molecular formula is C11H11F3O4. The van der Waals surface area contributed by atoms with Gasteiger partial charge in [-0.3, -0.25) is 0 Å². The maximum absolute atomic E-state index is 12.0. The molecule has 18 heavy (non-hydrogen) atoms. The fraction of sp³-hybridized carbons (Fsp3) is 0.364. The number of carboxylic acids is 1. The number of rotatable bonds is 5. The minimum Gasteiger partial charge on any atom is -0.493 e. The summed E-state index contributed by atoms with van der Waals surface area (Å²) < 4.78 is 44.9. The normalized spacial score (nSPS) is 11.1. The smallest absolute Gasteiger partial charge is 0.493 e. The lowest BCUT2D eigenvalue weighted by Crippen LogP contribution is -2.17.